The summed E-state index contributed by atoms with van der Waals surface area (Å²) in [6.07, 6.45) is 0.376. The van der Waals surface area contributed by atoms with Gasteiger partial charge >= 0.3 is 19.5 Å². The van der Waals surface area contributed by atoms with Gasteiger partial charge in [-0.3, -0.25) is 9.36 Å². The monoisotopic (exact) mass is 559 g/mol. The fraction of sp³-hybridized carbons (Fsp3) is 0.400. The molecule has 1 aliphatic heterocycles. The van der Waals surface area contributed by atoms with Crippen LogP contribution >= 0.6 is 7.60 Å². The van der Waals surface area contributed by atoms with Gasteiger partial charge in [0, 0.05) is 12.2 Å². The second-order valence-electron chi connectivity index (χ2n) is 8.43. The largest absolute Gasteiger partial charge is 0.469 e. The Balaban J connectivity index is 1.71. The predicted molar refractivity (Wildman–Crippen MR) is 140 cm³/mol. The van der Waals surface area contributed by atoms with E-state index >= 15 is 0 Å². The molecule has 0 radical (unpaired) electrons. The zero-order chi connectivity index (χ0) is 28.0. The van der Waals surface area contributed by atoms with Crippen molar-refractivity contribution in [3.8, 4) is 0 Å². The number of nitrogens with zero attached hydrogens (tertiary/aromatic N) is 4. The number of nitrogen functional groups attached to an aromatic ring is 1. The topological polar surface area (TPSA) is 167 Å². The first-order chi connectivity index (χ1) is 18.8. The zero-order valence-electron chi connectivity index (χ0n) is 21.8. The third kappa shape index (κ3) is 6.51. The van der Waals surface area contributed by atoms with Gasteiger partial charge in [-0.1, -0.05) is 18.2 Å². The van der Waals surface area contributed by atoms with E-state index in [1.54, 1.807) is 50.3 Å². The van der Waals surface area contributed by atoms with Gasteiger partial charge in [0.1, 0.15) is 12.1 Å². The zero-order valence-corrected chi connectivity index (χ0v) is 22.7. The van der Waals surface area contributed by atoms with Crippen LogP contribution in [0.25, 0.3) is 11.0 Å². The quantitative estimate of drug-likeness (QED) is 0.269. The number of esters is 2. The van der Waals surface area contributed by atoms with Gasteiger partial charge in [0.15, 0.2) is 18.0 Å². The van der Waals surface area contributed by atoms with Gasteiger partial charge in [-0.05, 0) is 32.1 Å². The normalized spacial score (nSPS) is 19.5. The number of hydrogen-bond acceptors (Lipinski definition) is 12. The van der Waals surface area contributed by atoms with Crippen molar-refractivity contribution in [2.24, 2.45) is 0 Å². The standard InChI is InChI=1S/C25H30N5O8P/c1-4-35-39(33,36-5-2)12-11-17-13-19(38-25(32)16-9-7-6-8-10-16)24(37-17)30-23-21(22(26)27-15-28-23)18(29-30)14-20(31)34-3/h6-12,15,17,19,24H,4-5,13-14H2,1-3H3,(H2,26,27,28)/b12-11+/t17-,19?,24-/m1/s1. The molecule has 3 aromatic rings. The van der Waals surface area contributed by atoms with Crippen LogP contribution in [0, 0.1) is 0 Å². The lowest BCUT2D eigenvalue weighted by Crippen LogP contribution is -2.27. The van der Waals surface area contributed by atoms with E-state index in [1.807, 2.05) is 0 Å². The van der Waals surface area contributed by atoms with Crippen LogP contribution in [0.15, 0.2) is 48.6 Å². The van der Waals surface area contributed by atoms with Crippen molar-refractivity contribution in [3.05, 3.63) is 59.8 Å². The summed E-state index contributed by atoms with van der Waals surface area (Å²) in [5, 5.41) is 4.90. The lowest BCUT2D eigenvalue weighted by Gasteiger charge is -2.20. The van der Waals surface area contributed by atoms with E-state index in [2.05, 4.69) is 15.1 Å². The predicted octanol–water partition coefficient (Wildman–Crippen LogP) is 3.42. The average molecular weight is 560 g/mol. The Bertz CT molecular complexity index is 1390. The molecule has 4 rings (SSSR count). The van der Waals surface area contributed by atoms with Crippen molar-refractivity contribution in [3.63, 3.8) is 0 Å². The maximum Gasteiger partial charge on any atom is 0.353 e. The fourth-order valence-corrected chi connectivity index (χ4v) is 5.52. The maximum atomic E-state index is 13.0. The number of benzene rings is 1. The number of rotatable bonds is 11. The summed E-state index contributed by atoms with van der Waals surface area (Å²) >= 11 is 0. The molecule has 3 atom stereocenters. The summed E-state index contributed by atoms with van der Waals surface area (Å²) < 4.78 is 41.9. The van der Waals surface area contributed by atoms with E-state index in [-0.39, 0.29) is 43.2 Å². The molecule has 2 N–H and O–H groups in total. The lowest BCUT2D eigenvalue weighted by atomic mass is 10.2. The molecule has 0 aliphatic carbocycles. The van der Waals surface area contributed by atoms with Gasteiger partial charge < -0.3 is 29.0 Å². The third-order valence-electron chi connectivity index (χ3n) is 5.84. The SMILES string of the molecule is CCOP(=O)(/C=C/[C@@H]1CC(OC(=O)c2ccccc2)[C@H](n2nc(CC(=O)OC)c3c(N)ncnc32)O1)OCC. The van der Waals surface area contributed by atoms with Crippen molar-refractivity contribution in [1.82, 2.24) is 19.7 Å². The van der Waals surface area contributed by atoms with Crippen molar-refractivity contribution in [1.29, 1.82) is 0 Å². The number of carbonyl (C=O) groups excluding carboxylic acids is 2. The molecular weight excluding hydrogens is 529 g/mol. The molecular formula is C25H30N5O8P. The van der Waals surface area contributed by atoms with Gasteiger partial charge in [-0.15, -0.1) is 0 Å². The lowest BCUT2D eigenvalue weighted by molar-refractivity contribution is -0.139. The van der Waals surface area contributed by atoms with Gasteiger partial charge in [0.2, 0.25) is 0 Å². The van der Waals surface area contributed by atoms with E-state index in [0.29, 0.717) is 10.9 Å². The summed E-state index contributed by atoms with van der Waals surface area (Å²) in [4.78, 5) is 33.3. The smallest absolute Gasteiger partial charge is 0.353 e. The number of carbonyl (C=O) groups is 2. The van der Waals surface area contributed by atoms with Crippen molar-refractivity contribution in [2.75, 3.05) is 26.1 Å². The van der Waals surface area contributed by atoms with Crippen LogP contribution in [0.2, 0.25) is 0 Å². The Morgan fingerprint density at radius 1 is 1.18 bits per heavy atom. The second-order valence-corrected chi connectivity index (χ2v) is 10.3. The number of fused-ring (bicyclic) bond motifs is 1. The molecule has 13 nitrogen and oxygen atoms in total. The first kappa shape index (κ1) is 28.4. The molecule has 0 spiro atoms. The molecule has 0 saturated carbocycles. The third-order valence-corrected chi connectivity index (χ3v) is 7.61. The minimum atomic E-state index is -3.50. The highest BCUT2D eigenvalue weighted by molar-refractivity contribution is 7.57. The van der Waals surface area contributed by atoms with E-state index < -0.39 is 38.0 Å². The molecule has 1 fully saturated rings. The summed E-state index contributed by atoms with van der Waals surface area (Å²) in [6, 6.07) is 8.51. The van der Waals surface area contributed by atoms with Crippen LogP contribution in [-0.2, 0) is 39.0 Å². The van der Waals surface area contributed by atoms with Crippen molar-refractivity contribution in [2.45, 2.75) is 45.1 Å². The minimum absolute atomic E-state index is 0.117. The number of aromatic nitrogens is 4. The molecule has 2 aromatic heterocycles. The first-order valence-corrected chi connectivity index (χ1v) is 13.9. The van der Waals surface area contributed by atoms with Gasteiger partial charge in [-0.2, -0.15) is 5.10 Å². The van der Waals surface area contributed by atoms with Crippen LogP contribution < -0.4 is 5.73 Å². The molecule has 0 amide bonds. The highest BCUT2D eigenvalue weighted by Crippen LogP contribution is 2.50. The molecule has 39 heavy (non-hydrogen) atoms. The van der Waals surface area contributed by atoms with Gasteiger partial charge in [0.05, 0.1) is 49.5 Å². The van der Waals surface area contributed by atoms with E-state index in [1.165, 1.54) is 23.9 Å². The number of nitrogens with two attached hydrogens (primary N) is 1. The second kappa shape index (κ2) is 12.5. The Morgan fingerprint density at radius 3 is 2.56 bits per heavy atom. The molecule has 1 unspecified atom stereocenters. The summed E-state index contributed by atoms with van der Waals surface area (Å²) in [5.74, 6) is 0.362. The average Bonchev–Trinajstić information content (AvgIpc) is 3.49. The van der Waals surface area contributed by atoms with Crippen LogP contribution in [0.3, 0.4) is 0 Å². The molecule has 1 saturated heterocycles. The minimum Gasteiger partial charge on any atom is -0.469 e. The Morgan fingerprint density at radius 2 is 1.90 bits per heavy atom. The number of methoxy groups -OCH3 is 1. The van der Waals surface area contributed by atoms with E-state index in [9.17, 15) is 14.2 Å². The highest BCUT2D eigenvalue weighted by atomic mass is 31.2. The Labute approximate surface area is 224 Å². The van der Waals surface area contributed by atoms with Gasteiger partial charge in [-0.25, -0.2) is 19.4 Å². The fourth-order valence-electron chi connectivity index (χ4n) is 4.15. The van der Waals surface area contributed by atoms with Gasteiger partial charge in [0.25, 0.3) is 0 Å². The molecule has 1 aromatic carbocycles. The van der Waals surface area contributed by atoms with E-state index in [0.717, 1.165) is 0 Å². The molecule has 1 aliphatic rings. The Hall–Kier alpha value is -3.64. The summed E-state index contributed by atoms with van der Waals surface area (Å²) in [5.41, 5.74) is 7.03. The highest BCUT2D eigenvalue weighted by Gasteiger charge is 2.41. The number of anilines is 1. The molecule has 3 heterocycles. The molecule has 0 bridgehead atoms. The number of hydrogen-bond donors (Lipinski definition) is 1. The summed E-state index contributed by atoms with van der Waals surface area (Å²) in [6.45, 7) is 3.80. The number of ether oxygens (including phenoxy) is 3. The van der Waals surface area contributed by atoms with Crippen LogP contribution in [-0.4, -0.2) is 64.2 Å². The van der Waals surface area contributed by atoms with Crippen LogP contribution in [0.5, 0.6) is 0 Å². The first-order valence-electron chi connectivity index (χ1n) is 12.3. The van der Waals surface area contributed by atoms with Crippen LogP contribution in [0.4, 0.5) is 5.82 Å². The van der Waals surface area contributed by atoms with Crippen molar-refractivity contribution >= 4 is 36.4 Å². The maximum absolute atomic E-state index is 13.0. The summed E-state index contributed by atoms with van der Waals surface area (Å²) in [7, 11) is -2.23. The Kier molecular flexibility index (Phi) is 9.08. The molecule has 14 heteroatoms. The molecule has 208 valence electrons. The van der Waals surface area contributed by atoms with E-state index in [4.69, 9.17) is 29.0 Å². The van der Waals surface area contributed by atoms with Crippen molar-refractivity contribution < 1.29 is 37.4 Å². The van der Waals surface area contributed by atoms with Crippen LogP contribution in [0.1, 0.15) is 42.5 Å².